The van der Waals surface area contributed by atoms with Gasteiger partial charge < -0.3 is 9.52 Å². The second-order valence-corrected chi connectivity index (χ2v) is 5.03. The summed E-state index contributed by atoms with van der Waals surface area (Å²) < 4.78 is 6.49. The van der Waals surface area contributed by atoms with E-state index in [-0.39, 0.29) is 11.5 Å². The number of fused-ring (bicyclic) bond motifs is 1. The SMILES string of the molecule is O=c1c(O)c(-c2cccc(Br)c2)oc2ccccc12. The number of rotatable bonds is 1. The first-order valence-electron chi connectivity index (χ1n) is 5.67. The van der Waals surface area contributed by atoms with Crippen LogP contribution in [0.5, 0.6) is 5.75 Å². The first-order valence-corrected chi connectivity index (χ1v) is 6.47. The van der Waals surface area contributed by atoms with Gasteiger partial charge in [-0.15, -0.1) is 0 Å². The molecule has 2 aromatic carbocycles. The highest BCUT2D eigenvalue weighted by atomic mass is 79.9. The molecule has 0 bridgehead atoms. The quantitative estimate of drug-likeness (QED) is 0.740. The molecule has 0 saturated carbocycles. The number of hydrogen-bond donors (Lipinski definition) is 1. The maximum absolute atomic E-state index is 12.1. The predicted molar refractivity (Wildman–Crippen MR) is 77.3 cm³/mol. The molecule has 3 rings (SSSR count). The predicted octanol–water partition coefficient (Wildman–Crippen LogP) is 3.93. The van der Waals surface area contributed by atoms with Crippen molar-refractivity contribution in [3.63, 3.8) is 0 Å². The van der Waals surface area contributed by atoms with Gasteiger partial charge in [0.15, 0.2) is 5.76 Å². The van der Waals surface area contributed by atoms with Crippen molar-refractivity contribution in [3.8, 4) is 17.1 Å². The second kappa shape index (κ2) is 4.55. The Balaban J connectivity index is 2.36. The minimum atomic E-state index is -0.420. The molecule has 3 aromatic rings. The molecule has 0 radical (unpaired) electrons. The van der Waals surface area contributed by atoms with Gasteiger partial charge in [0.1, 0.15) is 5.58 Å². The molecule has 1 heterocycles. The molecule has 4 heteroatoms. The van der Waals surface area contributed by atoms with E-state index in [1.807, 2.05) is 12.1 Å². The molecule has 19 heavy (non-hydrogen) atoms. The monoisotopic (exact) mass is 316 g/mol. The zero-order chi connectivity index (χ0) is 13.4. The zero-order valence-electron chi connectivity index (χ0n) is 9.76. The highest BCUT2D eigenvalue weighted by molar-refractivity contribution is 9.10. The Hall–Kier alpha value is -2.07. The van der Waals surface area contributed by atoms with Crippen LogP contribution in [0, 0.1) is 0 Å². The van der Waals surface area contributed by atoms with Crippen LogP contribution in [-0.4, -0.2) is 5.11 Å². The van der Waals surface area contributed by atoms with E-state index in [1.54, 1.807) is 36.4 Å². The molecule has 0 fully saturated rings. The van der Waals surface area contributed by atoms with Crippen LogP contribution in [0.15, 0.2) is 62.2 Å². The molecule has 0 aliphatic rings. The molecular formula is C15H9BrO3. The molecule has 0 amide bonds. The lowest BCUT2D eigenvalue weighted by Crippen LogP contribution is -2.02. The Labute approximate surface area is 117 Å². The maximum atomic E-state index is 12.1. The van der Waals surface area contributed by atoms with Gasteiger partial charge >= 0.3 is 0 Å². The van der Waals surface area contributed by atoms with E-state index >= 15 is 0 Å². The molecule has 3 nitrogen and oxygen atoms in total. The van der Waals surface area contributed by atoms with Crippen molar-refractivity contribution in [3.05, 3.63) is 63.2 Å². The van der Waals surface area contributed by atoms with Crippen molar-refractivity contribution in [2.24, 2.45) is 0 Å². The van der Waals surface area contributed by atoms with E-state index in [0.717, 1.165) is 4.47 Å². The van der Waals surface area contributed by atoms with Crippen molar-refractivity contribution in [1.29, 1.82) is 0 Å². The molecule has 0 aliphatic carbocycles. The molecule has 94 valence electrons. The van der Waals surface area contributed by atoms with Gasteiger partial charge in [-0.1, -0.05) is 40.2 Å². The van der Waals surface area contributed by atoms with Crippen molar-refractivity contribution >= 4 is 26.9 Å². The van der Waals surface area contributed by atoms with Gasteiger partial charge in [0.05, 0.1) is 5.39 Å². The highest BCUT2D eigenvalue weighted by Crippen LogP contribution is 2.31. The molecule has 0 spiro atoms. The Morgan fingerprint density at radius 3 is 2.63 bits per heavy atom. The fourth-order valence-corrected chi connectivity index (χ4v) is 2.36. The summed E-state index contributed by atoms with van der Waals surface area (Å²) >= 11 is 3.35. The Bertz CT molecular complexity index is 821. The van der Waals surface area contributed by atoms with E-state index in [0.29, 0.717) is 16.5 Å². The number of hydrogen-bond acceptors (Lipinski definition) is 3. The van der Waals surface area contributed by atoms with Crippen molar-refractivity contribution in [1.82, 2.24) is 0 Å². The maximum Gasteiger partial charge on any atom is 0.235 e. The first kappa shape index (κ1) is 12.0. The summed E-state index contributed by atoms with van der Waals surface area (Å²) in [6, 6.07) is 14.1. The van der Waals surface area contributed by atoms with Gasteiger partial charge in [-0.25, -0.2) is 0 Å². The molecule has 0 unspecified atom stereocenters. The fourth-order valence-electron chi connectivity index (χ4n) is 1.96. The van der Waals surface area contributed by atoms with Crippen molar-refractivity contribution < 1.29 is 9.52 Å². The summed E-state index contributed by atoms with van der Waals surface area (Å²) in [7, 11) is 0. The smallest absolute Gasteiger partial charge is 0.235 e. The average molecular weight is 317 g/mol. The Kier molecular flexibility index (Phi) is 2.87. The van der Waals surface area contributed by atoms with Gasteiger partial charge in [0, 0.05) is 10.0 Å². The molecule has 0 saturated heterocycles. The van der Waals surface area contributed by atoms with Crippen molar-refractivity contribution in [2.45, 2.75) is 0 Å². The third-order valence-electron chi connectivity index (χ3n) is 2.86. The largest absolute Gasteiger partial charge is 0.502 e. The Morgan fingerprint density at radius 2 is 1.84 bits per heavy atom. The van der Waals surface area contributed by atoms with Crippen LogP contribution in [-0.2, 0) is 0 Å². The fraction of sp³-hybridized carbons (Fsp3) is 0. The van der Waals surface area contributed by atoms with E-state index in [2.05, 4.69) is 15.9 Å². The van der Waals surface area contributed by atoms with E-state index in [1.165, 1.54) is 0 Å². The van der Waals surface area contributed by atoms with Gasteiger partial charge in [-0.2, -0.15) is 0 Å². The molecule has 1 aromatic heterocycles. The third kappa shape index (κ3) is 2.04. The summed E-state index contributed by atoms with van der Waals surface area (Å²) in [4.78, 5) is 12.1. The van der Waals surface area contributed by atoms with Crippen LogP contribution in [0.3, 0.4) is 0 Å². The normalized spacial score (nSPS) is 10.8. The standard InChI is InChI=1S/C15H9BrO3/c16-10-5-3-4-9(8-10)15-14(18)13(17)11-6-1-2-7-12(11)19-15/h1-8,18H. The van der Waals surface area contributed by atoms with E-state index < -0.39 is 5.43 Å². The van der Waals surface area contributed by atoms with Crippen LogP contribution in [0.2, 0.25) is 0 Å². The lowest BCUT2D eigenvalue weighted by Gasteiger charge is -2.06. The lowest BCUT2D eigenvalue weighted by molar-refractivity contribution is 0.449. The minimum absolute atomic E-state index is 0.185. The minimum Gasteiger partial charge on any atom is -0.502 e. The molecule has 0 atom stereocenters. The van der Waals surface area contributed by atoms with Gasteiger partial charge in [0.25, 0.3) is 0 Å². The lowest BCUT2D eigenvalue weighted by atomic mass is 10.1. The van der Waals surface area contributed by atoms with Gasteiger partial charge in [0.2, 0.25) is 11.2 Å². The summed E-state index contributed by atoms with van der Waals surface area (Å²) in [6.07, 6.45) is 0. The van der Waals surface area contributed by atoms with E-state index in [9.17, 15) is 9.90 Å². The summed E-state index contributed by atoms with van der Waals surface area (Å²) in [5.41, 5.74) is 0.687. The van der Waals surface area contributed by atoms with Crippen LogP contribution >= 0.6 is 15.9 Å². The number of benzene rings is 2. The summed E-state index contributed by atoms with van der Waals surface area (Å²) in [5, 5.41) is 10.4. The number of aromatic hydroxyl groups is 1. The summed E-state index contributed by atoms with van der Waals surface area (Å²) in [5.74, 6) is -0.179. The number of para-hydroxylation sites is 1. The van der Waals surface area contributed by atoms with Crippen LogP contribution in [0.1, 0.15) is 0 Å². The number of halogens is 1. The molecular weight excluding hydrogens is 308 g/mol. The van der Waals surface area contributed by atoms with E-state index in [4.69, 9.17) is 4.42 Å². The Morgan fingerprint density at radius 1 is 1.05 bits per heavy atom. The topological polar surface area (TPSA) is 50.4 Å². The average Bonchev–Trinajstić information content (AvgIpc) is 2.43. The van der Waals surface area contributed by atoms with Gasteiger partial charge in [-0.05, 0) is 24.3 Å². The van der Waals surface area contributed by atoms with Crippen LogP contribution < -0.4 is 5.43 Å². The molecule has 1 N–H and O–H groups in total. The second-order valence-electron chi connectivity index (χ2n) is 4.12. The molecule has 0 aliphatic heterocycles. The van der Waals surface area contributed by atoms with Gasteiger partial charge in [-0.3, -0.25) is 4.79 Å². The highest BCUT2D eigenvalue weighted by Gasteiger charge is 2.14. The van der Waals surface area contributed by atoms with Crippen LogP contribution in [0.4, 0.5) is 0 Å². The zero-order valence-corrected chi connectivity index (χ0v) is 11.3. The van der Waals surface area contributed by atoms with Crippen LogP contribution in [0.25, 0.3) is 22.3 Å². The first-order chi connectivity index (χ1) is 9.16. The summed E-state index contributed by atoms with van der Waals surface area (Å²) in [6.45, 7) is 0. The third-order valence-corrected chi connectivity index (χ3v) is 3.35. The van der Waals surface area contributed by atoms with Crippen molar-refractivity contribution in [2.75, 3.05) is 0 Å².